The standard InChI is InChI=1S/C15H22N4O4/c1-8(2)11(7-20)17-13(21)5-4-10-9(3)16-12-6-14(22)18-19(12)15(10)23/h6,8,11,16,20H,4-5,7H2,1-3H3,(H,17,21)(H,18,22)/t11-/m0/s1. The Morgan fingerprint density at radius 1 is 1.39 bits per heavy atom. The molecule has 0 bridgehead atoms. The van der Waals surface area contributed by atoms with Gasteiger partial charge in [-0.2, -0.15) is 0 Å². The lowest BCUT2D eigenvalue weighted by atomic mass is 10.0. The summed E-state index contributed by atoms with van der Waals surface area (Å²) in [6.07, 6.45) is 0.379. The fourth-order valence-corrected chi connectivity index (χ4v) is 2.44. The molecule has 2 aromatic rings. The molecule has 2 aromatic heterocycles. The molecule has 8 heteroatoms. The van der Waals surface area contributed by atoms with Crippen LogP contribution in [-0.2, 0) is 11.2 Å². The monoisotopic (exact) mass is 322 g/mol. The summed E-state index contributed by atoms with van der Waals surface area (Å²) in [5.74, 6) is -0.104. The second kappa shape index (κ2) is 6.82. The van der Waals surface area contributed by atoms with Crippen LogP contribution in [0.1, 0.15) is 31.5 Å². The van der Waals surface area contributed by atoms with Crippen LogP contribution in [0.25, 0.3) is 5.65 Å². The minimum Gasteiger partial charge on any atom is -0.394 e. The van der Waals surface area contributed by atoms with Crippen molar-refractivity contribution in [2.24, 2.45) is 5.92 Å². The van der Waals surface area contributed by atoms with Crippen LogP contribution in [0, 0.1) is 12.8 Å². The Morgan fingerprint density at radius 2 is 2.09 bits per heavy atom. The normalized spacial score (nSPS) is 12.7. The summed E-state index contributed by atoms with van der Waals surface area (Å²) in [4.78, 5) is 38.6. The van der Waals surface area contributed by atoms with E-state index in [9.17, 15) is 19.5 Å². The van der Waals surface area contributed by atoms with Crippen molar-refractivity contribution in [3.63, 3.8) is 0 Å². The van der Waals surface area contributed by atoms with E-state index < -0.39 is 0 Å². The molecule has 8 nitrogen and oxygen atoms in total. The fourth-order valence-electron chi connectivity index (χ4n) is 2.44. The molecular weight excluding hydrogens is 300 g/mol. The average molecular weight is 322 g/mol. The second-order valence-electron chi connectivity index (χ2n) is 5.98. The number of fused-ring (bicyclic) bond motifs is 1. The molecule has 0 aliphatic rings. The largest absolute Gasteiger partial charge is 0.394 e. The van der Waals surface area contributed by atoms with Gasteiger partial charge in [-0.15, -0.1) is 0 Å². The number of nitrogens with one attached hydrogen (secondary N) is 3. The molecule has 0 aliphatic carbocycles. The smallest absolute Gasteiger partial charge is 0.276 e. The Labute approximate surface area is 132 Å². The first-order valence-corrected chi connectivity index (χ1v) is 7.57. The molecule has 2 rings (SSSR count). The molecule has 126 valence electrons. The molecule has 1 amide bonds. The van der Waals surface area contributed by atoms with Crippen molar-refractivity contribution in [1.29, 1.82) is 0 Å². The van der Waals surface area contributed by atoms with Crippen molar-refractivity contribution in [2.75, 3.05) is 6.61 Å². The van der Waals surface area contributed by atoms with Crippen LogP contribution in [0.5, 0.6) is 0 Å². The number of H-pyrrole nitrogens is 2. The third-order valence-corrected chi connectivity index (χ3v) is 3.91. The van der Waals surface area contributed by atoms with Gasteiger partial charge in [0.1, 0.15) is 5.65 Å². The Morgan fingerprint density at radius 3 is 2.70 bits per heavy atom. The van der Waals surface area contributed by atoms with E-state index in [0.29, 0.717) is 16.9 Å². The molecule has 0 fully saturated rings. The number of carbonyl (C=O) groups is 1. The highest BCUT2D eigenvalue weighted by molar-refractivity contribution is 5.76. The average Bonchev–Trinajstić information content (AvgIpc) is 2.84. The van der Waals surface area contributed by atoms with Gasteiger partial charge in [-0.1, -0.05) is 13.8 Å². The Balaban J connectivity index is 2.14. The van der Waals surface area contributed by atoms with Gasteiger partial charge in [0, 0.05) is 23.7 Å². The maximum Gasteiger partial charge on any atom is 0.276 e. The molecule has 0 saturated heterocycles. The van der Waals surface area contributed by atoms with Crippen LogP contribution >= 0.6 is 0 Å². The summed E-state index contributed by atoms with van der Waals surface area (Å²) in [7, 11) is 0. The van der Waals surface area contributed by atoms with Crippen molar-refractivity contribution < 1.29 is 9.90 Å². The predicted octanol–water partition coefficient (Wildman–Crippen LogP) is -0.310. The molecule has 0 aliphatic heterocycles. The van der Waals surface area contributed by atoms with Gasteiger partial charge in [0.25, 0.3) is 11.1 Å². The minimum absolute atomic E-state index is 0.121. The van der Waals surface area contributed by atoms with Crippen molar-refractivity contribution in [1.82, 2.24) is 19.9 Å². The lowest BCUT2D eigenvalue weighted by molar-refractivity contribution is -0.122. The zero-order valence-electron chi connectivity index (χ0n) is 13.5. The number of aromatic nitrogens is 3. The molecular formula is C15H22N4O4. The highest BCUT2D eigenvalue weighted by Gasteiger charge is 2.16. The van der Waals surface area contributed by atoms with Gasteiger partial charge in [-0.3, -0.25) is 19.5 Å². The number of aliphatic hydroxyl groups is 1. The summed E-state index contributed by atoms with van der Waals surface area (Å²) in [5.41, 5.74) is 0.767. The number of hydrogen-bond acceptors (Lipinski definition) is 4. The van der Waals surface area contributed by atoms with Crippen molar-refractivity contribution >= 4 is 11.6 Å². The molecule has 23 heavy (non-hydrogen) atoms. The molecule has 0 saturated carbocycles. The van der Waals surface area contributed by atoms with E-state index in [1.807, 2.05) is 13.8 Å². The van der Waals surface area contributed by atoms with Crippen molar-refractivity contribution in [3.8, 4) is 0 Å². The van der Waals surface area contributed by atoms with Crippen LogP contribution in [0.2, 0.25) is 0 Å². The maximum absolute atomic E-state index is 12.4. The summed E-state index contributed by atoms with van der Waals surface area (Å²) in [6, 6.07) is 1.00. The number of aliphatic hydroxyl groups excluding tert-OH is 1. The first kappa shape index (κ1) is 17.0. The Bertz CT molecular complexity index is 815. The van der Waals surface area contributed by atoms with Crippen LogP contribution < -0.4 is 16.4 Å². The van der Waals surface area contributed by atoms with Gasteiger partial charge >= 0.3 is 0 Å². The van der Waals surface area contributed by atoms with E-state index in [4.69, 9.17) is 0 Å². The van der Waals surface area contributed by atoms with E-state index in [1.165, 1.54) is 6.07 Å². The molecule has 0 unspecified atom stereocenters. The molecule has 1 atom stereocenters. The van der Waals surface area contributed by atoms with Crippen LogP contribution in [0.3, 0.4) is 0 Å². The number of aromatic amines is 2. The quantitative estimate of drug-likeness (QED) is 0.583. The third kappa shape index (κ3) is 3.70. The number of carbonyl (C=O) groups excluding carboxylic acids is 1. The maximum atomic E-state index is 12.4. The summed E-state index contributed by atoms with van der Waals surface area (Å²) in [6.45, 7) is 5.43. The topological polar surface area (TPSA) is 119 Å². The van der Waals surface area contributed by atoms with E-state index in [1.54, 1.807) is 6.92 Å². The fraction of sp³-hybridized carbons (Fsp3) is 0.533. The summed E-state index contributed by atoms with van der Waals surface area (Å²) in [5, 5.41) is 14.4. The van der Waals surface area contributed by atoms with E-state index in [0.717, 1.165) is 4.52 Å². The Hall–Kier alpha value is -2.35. The van der Waals surface area contributed by atoms with Gasteiger partial charge in [0.2, 0.25) is 5.91 Å². The van der Waals surface area contributed by atoms with E-state index >= 15 is 0 Å². The molecule has 0 spiro atoms. The summed E-state index contributed by atoms with van der Waals surface area (Å²) >= 11 is 0. The lowest BCUT2D eigenvalue weighted by Gasteiger charge is -2.19. The van der Waals surface area contributed by atoms with Gasteiger partial charge in [-0.05, 0) is 19.3 Å². The SMILES string of the molecule is Cc1[nH]c2cc(=O)[nH]n2c(=O)c1CCC(=O)N[C@@H](CO)C(C)C. The van der Waals surface area contributed by atoms with Crippen molar-refractivity contribution in [3.05, 3.63) is 38.0 Å². The second-order valence-corrected chi connectivity index (χ2v) is 5.98. The zero-order valence-corrected chi connectivity index (χ0v) is 13.5. The Kier molecular flexibility index (Phi) is 5.05. The number of aryl methyl sites for hydroxylation is 1. The van der Waals surface area contributed by atoms with Crippen LogP contribution in [0.15, 0.2) is 15.7 Å². The minimum atomic E-state index is -0.365. The number of hydrogen-bond donors (Lipinski definition) is 4. The number of rotatable bonds is 6. The highest BCUT2D eigenvalue weighted by atomic mass is 16.3. The van der Waals surface area contributed by atoms with Crippen molar-refractivity contribution in [2.45, 2.75) is 39.7 Å². The molecule has 2 heterocycles. The van der Waals surface area contributed by atoms with Gasteiger partial charge < -0.3 is 15.4 Å². The lowest BCUT2D eigenvalue weighted by Crippen LogP contribution is -2.41. The first-order chi connectivity index (χ1) is 10.8. The number of nitrogens with zero attached hydrogens (tertiary/aromatic N) is 1. The van der Waals surface area contributed by atoms with E-state index in [-0.39, 0.29) is 48.4 Å². The predicted molar refractivity (Wildman–Crippen MR) is 85.6 cm³/mol. The van der Waals surface area contributed by atoms with E-state index in [2.05, 4.69) is 15.4 Å². The van der Waals surface area contributed by atoms with Gasteiger partial charge in [-0.25, -0.2) is 4.52 Å². The zero-order chi connectivity index (χ0) is 17.1. The molecule has 0 aromatic carbocycles. The van der Waals surface area contributed by atoms with Gasteiger partial charge in [0.15, 0.2) is 0 Å². The van der Waals surface area contributed by atoms with Crippen LogP contribution in [-0.4, -0.2) is 38.3 Å². The number of amides is 1. The molecule has 0 radical (unpaired) electrons. The third-order valence-electron chi connectivity index (χ3n) is 3.91. The first-order valence-electron chi connectivity index (χ1n) is 7.57. The summed E-state index contributed by atoms with van der Waals surface area (Å²) < 4.78 is 1.15. The van der Waals surface area contributed by atoms with Crippen LogP contribution in [0.4, 0.5) is 0 Å². The highest BCUT2D eigenvalue weighted by Crippen LogP contribution is 2.06. The molecule has 4 N–H and O–H groups in total. The van der Waals surface area contributed by atoms with Gasteiger partial charge in [0.05, 0.1) is 12.6 Å².